The second-order valence-corrected chi connectivity index (χ2v) is 4.12. The highest BCUT2D eigenvalue weighted by Crippen LogP contribution is 2.27. The van der Waals surface area contributed by atoms with Gasteiger partial charge < -0.3 is 9.52 Å². The van der Waals surface area contributed by atoms with Crippen LogP contribution in [-0.4, -0.2) is 26.3 Å². The summed E-state index contributed by atoms with van der Waals surface area (Å²) in [6.07, 6.45) is 2.43. The summed E-state index contributed by atoms with van der Waals surface area (Å²) in [5.41, 5.74) is 0.415. The highest BCUT2D eigenvalue weighted by molar-refractivity contribution is 5.94. The fourth-order valence-electron chi connectivity index (χ4n) is 1.85. The normalized spacial score (nSPS) is 10.5. The molecule has 0 fully saturated rings. The lowest BCUT2D eigenvalue weighted by Crippen LogP contribution is -1.98. The summed E-state index contributed by atoms with van der Waals surface area (Å²) < 4.78 is 19.0. The molecule has 0 atom stereocenters. The number of halogens is 1. The Morgan fingerprint density at radius 3 is 2.52 bits per heavy atom. The smallest absolute Gasteiger partial charge is 0.336 e. The number of carbonyl (C=O) groups is 1. The standard InChI is InChI=1S/C14H8FN3O3/c15-11-7-16-6-5-10(11)13-18-17-12(21-13)8-3-1-2-4-9(8)14(19)20/h1-7H,(H,19,20). The van der Waals surface area contributed by atoms with E-state index in [2.05, 4.69) is 15.2 Å². The summed E-state index contributed by atoms with van der Waals surface area (Å²) in [6.45, 7) is 0. The molecule has 0 radical (unpaired) electrons. The van der Waals surface area contributed by atoms with Crippen molar-refractivity contribution in [2.75, 3.05) is 0 Å². The molecule has 104 valence electrons. The lowest BCUT2D eigenvalue weighted by Gasteiger charge is -2.00. The van der Waals surface area contributed by atoms with Crippen LogP contribution in [0.5, 0.6) is 0 Å². The van der Waals surface area contributed by atoms with Crippen molar-refractivity contribution in [2.24, 2.45) is 0 Å². The predicted octanol–water partition coefficient (Wildman–Crippen LogP) is 2.64. The number of pyridine rings is 1. The molecule has 0 saturated heterocycles. The van der Waals surface area contributed by atoms with Gasteiger partial charge in [0, 0.05) is 6.20 Å². The Balaban J connectivity index is 2.08. The van der Waals surface area contributed by atoms with Crippen LogP contribution in [0.4, 0.5) is 4.39 Å². The predicted molar refractivity (Wildman–Crippen MR) is 69.9 cm³/mol. The largest absolute Gasteiger partial charge is 0.478 e. The van der Waals surface area contributed by atoms with Gasteiger partial charge in [-0.15, -0.1) is 10.2 Å². The molecule has 0 spiro atoms. The maximum Gasteiger partial charge on any atom is 0.336 e. The van der Waals surface area contributed by atoms with E-state index in [0.717, 1.165) is 6.20 Å². The van der Waals surface area contributed by atoms with E-state index in [1.807, 2.05) is 0 Å². The monoisotopic (exact) mass is 285 g/mol. The van der Waals surface area contributed by atoms with Crippen molar-refractivity contribution in [3.63, 3.8) is 0 Å². The minimum Gasteiger partial charge on any atom is -0.478 e. The van der Waals surface area contributed by atoms with Gasteiger partial charge >= 0.3 is 5.97 Å². The second-order valence-electron chi connectivity index (χ2n) is 4.12. The van der Waals surface area contributed by atoms with Gasteiger partial charge in [0.05, 0.1) is 22.9 Å². The summed E-state index contributed by atoms with van der Waals surface area (Å²) >= 11 is 0. The van der Waals surface area contributed by atoms with Crippen LogP contribution in [0.1, 0.15) is 10.4 Å². The average Bonchev–Trinajstić information content (AvgIpc) is 2.97. The molecule has 7 heteroatoms. The Hall–Kier alpha value is -3.09. The van der Waals surface area contributed by atoms with Crippen molar-refractivity contribution in [2.45, 2.75) is 0 Å². The van der Waals surface area contributed by atoms with Crippen molar-refractivity contribution < 1.29 is 18.7 Å². The van der Waals surface area contributed by atoms with Gasteiger partial charge in [-0.3, -0.25) is 4.98 Å². The van der Waals surface area contributed by atoms with Crippen LogP contribution in [0.3, 0.4) is 0 Å². The van der Waals surface area contributed by atoms with Crippen molar-refractivity contribution in [1.29, 1.82) is 0 Å². The van der Waals surface area contributed by atoms with Crippen molar-refractivity contribution in [3.8, 4) is 22.9 Å². The first-order valence-corrected chi connectivity index (χ1v) is 5.93. The molecule has 0 bridgehead atoms. The number of nitrogens with zero attached hydrogens (tertiary/aromatic N) is 3. The molecule has 3 aromatic rings. The molecule has 0 unspecified atom stereocenters. The Morgan fingerprint density at radius 1 is 1.10 bits per heavy atom. The summed E-state index contributed by atoms with van der Waals surface area (Å²) in [5.74, 6) is -1.73. The number of hydrogen-bond donors (Lipinski definition) is 1. The highest BCUT2D eigenvalue weighted by Gasteiger charge is 2.18. The molecule has 3 rings (SSSR count). The number of carboxylic acids is 1. The van der Waals surface area contributed by atoms with Crippen LogP contribution >= 0.6 is 0 Å². The van der Waals surface area contributed by atoms with Crippen LogP contribution in [-0.2, 0) is 0 Å². The van der Waals surface area contributed by atoms with E-state index in [-0.39, 0.29) is 28.5 Å². The van der Waals surface area contributed by atoms with E-state index in [1.165, 1.54) is 18.3 Å². The topological polar surface area (TPSA) is 89.1 Å². The Bertz CT molecular complexity index is 816. The number of benzene rings is 1. The molecule has 0 aliphatic heterocycles. The zero-order chi connectivity index (χ0) is 14.8. The molecule has 21 heavy (non-hydrogen) atoms. The SMILES string of the molecule is O=C(O)c1ccccc1-c1nnc(-c2ccncc2F)o1. The van der Waals surface area contributed by atoms with E-state index in [1.54, 1.807) is 18.2 Å². The van der Waals surface area contributed by atoms with Crippen molar-refractivity contribution in [1.82, 2.24) is 15.2 Å². The summed E-state index contributed by atoms with van der Waals surface area (Å²) in [4.78, 5) is 14.8. The third kappa shape index (κ3) is 2.36. The van der Waals surface area contributed by atoms with Crippen LogP contribution in [0, 0.1) is 5.82 Å². The van der Waals surface area contributed by atoms with Crippen LogP contribution in [0.15, 0.2) is 47.1 Å². The highest BCUT2D eigenvalue weighted by atomic mass is 19.1. The molecule has 0 amide bonds. The van der Waals surface area contributed by atoms with Gasteiger partial charge in [0.25, 0.3) is 5.89 Å². The molecule has 6 nitrogen and oxygen atoms in total. The Morgan fingerprint density at radius 2 is 1.81 bits per heavy atom. The molecule has 0 aliphatic rings. The minimum atomic E-state index is -1.11. The molecule has 0 aliphatic carbocycles. The lowest BCUT2D eigenvalue weighted by atomic mass is 10.1. The first-order valence-electron chi connectivity index (χ1n) is 5.93. The van der Waals surface area contributed by atoms with E-state index in [0.29, 0.717) is 0 Å². The maximum atomic E-state index is 13.6. The van der Waals surface area contributed by atoms with Gasteiger partial charge in [-0.2, -0.15) is 0 Å². The van der Waals surface area contributed by atoms with Crippen LogP contribution < -0.4 is 0 Å². The zero-order valence-electron chi connectivity index (χ0n) is 10.5. The van der Waals surface area contributed by atoms with Gasteiger partial charge in [0.1, 0.15) is 0 Å². The van der Waals surface area contributed by atoms with Gasteiger partial charge in [-0.05, 0) is 18.2 Å². The second kappa shape index (κ2) is 5.12. The number of carboxylic acid groups (broad SMARTS) is 1. The first-order chi connectivity index (χ1) is 10.2. The van der Waals surface area contributed by atoms with E-state index in [9.17, 15) is 9.18 Å². The maximum absolute atomic E-state index is 13.6. The summed E-state index contributed by atoms with van der Waals surface area (Å²) in [6, 6.07) is 7.61. The van der Waals surface area contributed by atoms with E-state index < -0.39 is 11.8 Å². The number of hydrogen-bond acceptors (Lipinski definition) is 5. The molecular formula is C14H8FN3O3. The fraction of sp³-hybridized carbons (Fsp3) is 0. The van der Waals surface area contributed by atoms with E-state index in [4.69, 9.17) is 9.52 Å². The third-order valence-electron chi connectivity index (χ3n) is 2.82. The summed E-state index contributed by atoms with van der Waals surface area (Å²) in [5, 5.41) is 16.7. The third-order valence-corrected chi connectivity index (χ3v) is 2.82. The Kier molecular flexibility index (Phi) is 3.15. The van der Waals surface area contributed by atoms with Gasteiger partial charge in [0.15, 0.2) is 5.82 Å². The fourth-order valence-corrected chi connectivity index (χ4v) is 1.85. The van der Waals surface area contributed by atoms with Crippen LogP contribution in [0.2, 0.25) is 0 Å². The van der Waals surface area contributed by atoms with Crippen molar-refractivity contribution in [3.05, 3.63) is 54.1 Å². The number of aromatic nitrogens is 3. The molecule has 2 aromatic heterocycles. The summed E-state index contributed by atoms with van der Waals surface area (Å²) in [7, 11) is 0. The lowest BCUT2D eigenvalue weighted by molar-refractivity contribution is 0.0697. The van der Waals surface area contributed by atoms with Crippen LogP contribution in [0.25, 0.3) is 22.9 Å². The number of aromatic carboxylic acids is 1. The average molecular weight is 285 g/mol. The van der Waals surface area contributed by atoms with E-state index >= 15 is 0 Å². The Labute approximate surface area is 117 Å². The van der Waals surface area contributed by atoms with Gasteiger partial charge in [-0.1, -0.05) is 12.1 Å². The molecule has 2 heterocycles. The molecule has 0 saturated carbocycles. The molecule has 1 N–H and O–H groups in total. The van der Waals surface area contributed by atoms with Gasteiger partial charge in [0.2, 0.25) is 5.89 Å². The molecular weight excluding hydrogens is 277 g/mol. The zero-order valence-corrected chi connectivity index (χ0v) is 10.5. The quantitative estimate of drug-likeness (QED) is 0.795. The number of rotatable bonds is 3. The minimum absolute atomic E-state index is 0.0132. The van der Waals surface area contributed by atoms with Crippen molar-refractivity contribution >= 4 is 5.97 Å². The first kappa shape index (κ1) is 12.9. The van der Waals surface area contributed by atoms with Gasteiger partial charge in [-0.25, -0.2) is 9.18 Å². The molecule has 1 aromatic carbocycles.